The first-order chi connectivity index (χ1) is 9.67. The Morgan fingerprint density at radius 2 is 2.10 bits per heavy atom. The maximum Gasteiger partial charge on any atom is 0.0725 e. The third kappa shape index (κ3) is 2.49. The Kier molecular flexibility index (Phi) is 3.59. The van der Waals surface area contributed by atoms with Crippen LogP contribution < -0.4 is 5.73 Å². The third-order valence-electron chi connectivity index (χ3n) is 3.99. The van der Waals surface area contributed by atoms with Crippen LogP contribution in [0.15, 0.2) is 24.3 Å². The molecular formula is C16H21N3O. The number of nitrogens with zero attached hydrogens (tertiary/aromatic N) is 2. The Hall–Kier alpha value is -1.65. The summed E-state index contributed by atoms with van der Waals surface area (Å²) in [6, 6.07) is 8.59. The number of nitrogens with two attached hydrogens (primary N) is 1. The van der Waals surface area contributed by atoms with Gasteiger partial charge in [-0.3, -0.25) is 4.68 Å². The minimum absolute atomic E-state index is 0.000932. The van der Waals surface area contributed by atoms with Crippen molar-refractivity contribution in [3.63, 3.8) is 0 Å². The van der Waals surface area contributed by atoms with Crippen LogP contribution in [0.4, 0.5) is 0 Å². The van der Waals surface area contributed by atoms with E-state index in [1.807, 2.05) is 11.7 Å². The lowest BCUT2D eigenvalue weighted by Gasteiger charge is -2.13. The second kappa shape index (κ2) is 5.38. The maximum atomic E-state index is 6.36. The molecule has 0 aliphatic carbocycles. The molecule has 1 unspecified atom stereocenters. The number of aryl methyl sites for hydroxylation is 2. The highest BCUT2D eigenvalue weighted by Gasteiger charge is 2.16. The van der Waals surface area contributed by atoms with Crippen LogP contribution in [0.25, 0.3) is 0 Å². The van der Waals surface area contributed by atoms with Gasteiger partial charge in [0.1, 0.15) is 0 Å². The second-order valence-corrected chi connectivity index (χ2v) is 5.44. The molecule has 0 radical (unpaired) electrons. The Labute approximate surface area is 119 Å². The number of ether oxygens (including phenoxy) is 1. The normalized spacial score (nSPS) is 15.3. The van der Waals surface area contributed by atoms with Gasteiger partial charge in [-0.1, -0.05) is 25.1 Å². The Morgan fingerprint density at radius 3 is 2.85 bits per heavy atom. The summed E-state index contributed by atoms with van der Waals surface area (Å²) < 4.78 is 7.39. The van der Waals surface area contributed by atoms with E-state index in [4.69, 9.17) is 10.5 Å². The van der Waals surface area contributed by atoms with Gasteiger partial charge in [-0.15, -0.1) is 0 Å². The topological polar surface area (TPSA) is 53.1 Å². The molecule has 2 N–H and O–H groups in total. The molecule has 2 heterocycles. The molecule has 1 aromatic carbocycles. The van der Waals surface area contributed by atoms with Crippen LogP contribution >= 0.6 is 0 Å². The Morgan fingerprint density at radius 1 is 1.30 bits per heavy atom. The predicted octanol–water partition coefficient (Wildman–Crippen LogP) is 2.26. The van der Waals surface area contributed by atoms with Crippen molar-refractivity contribution >= 4 is 0 Å². The Bertz CT molecular complexity index is 618. The first-order valence-corrected chi connectivity index (χ1v) is 7.14. The van der Waals surface area contributed by atoms with Crippen LogP contribution in [0.2, 0.25) is 0 Å². The number of hydrogen-bond acceptors (Lipinski definition) is 3. The molecule has 2 aromatic rings. The molecule has 0 saturated carbocycles. The lowest BCUT2D eigenvalue weighted by atomic mass is 9.98. The van der Waals surface area contributed by atoms with Crippen LogP contribution in [-0.2, 0) is 37.8 Å². The standard InChI is InChI=1S/C16H21N3O/c1-3-14-7-15(19(2)18-14)8-16(17)11-4-5-12-9-20-10-13(12)6-11/h4-7,16H,3,8-10,17H2,1-2H3. The Balaban J connectivity index is 1.78. The van der Waals surface area contributed by atoms with Crippen molar-refractivity contribution in [2.45, 2.75) is 39.0 Å². The van der Waals surface area contributed by atoms with Gasteiger partial charge in [0, 0.05) is 25.2 Å². The zero-order valence-corrected chi connectivity index (χ0v) is 12.1. The number of benzene rings is 1. The predicted molar refractivity (Wildman–Crippen MR) is 78.2 cm³/mol. The van der Waals surface area contributed by atoms with E-state index in [1.54, 1.807) is 0 Å². The molecule has 1 aromatic heterocycles. The first kappa shape index (κ1) is 13.3. The summed E-state index contributed by atoms with van der Waals surface area (Å²) in [7, 11) is 1.98. The van der Waals surface area contributed by atoms with Gasteiger partial charge in [-0.25, -0.2) is 0 Å². The van der Waals surface area contributed by atoms with E-state index >= 15 is 0 Å². The smallest absolute Gasteiger partial charge is 0.0725 e. The van der Waals surface area contributed by atoms with E-state index < -0.39 is 0 Å². The average molecular weight is 271 g/mol. The molecule has 0 bridgehead atoms. The van der Waals surface area contributed by atoms with E-state index in [1.165, 1.54) is 22.4 Å². The van der Waals surface area contributed by atoms with Crippen LogP contribution in [0, 0.1) is 0 Å². The van der Waals surface area contributed by atoms with E-state index in [2.05, 4.69) is 36.3 Å². The van der Waals surface area contributed by atoms with Crippen molar-refractivity contribution < 1.29 is 4.74 Å². The quantitative estimate of drug-likeness (QED) is 0.928. The molecule has 1 atom stereocenters. The summed E-state index contributed by atoms with van der Waals surface area (Å²) in [4.78, 5) is 0. The van der Waals surface area contributed by atoms with Gasteiger partial charge in [0.15, 0.2) is 0 Å². The summed E-state index contributed by atoms with van der Waals surface area (Å²) in [5, 5.41) is 4.47. The molecule has 20 heavy (non-hydrogen) atoms. The minimum Gasteiger partial charge on any atom is -0.372 e. The molecule has 4 heteroatoms. The lowest BCUT2D eigenvalue weighted by Crippen LogP contribution is -2.15. The molecule has 106 valence electrons. The second-order valence-electron chi connectivity index (χ2n) is 5.44. The largest absolute Gasteiger partial charge is 0.372 e. The maximum absolute atomic E-state index is 6.36. The highest BCUT2D eigenvalue weighted by molar-refractivity contribution is 5.35. The van der Waals surface area contributed by atoms with Gasteiger partial charge in [-0.05, 0) is 29.2 Å². The van der Waals surface area contributed by atoms with E-state index in [0.29, 0.717) is 6.61 Å². The van der Waals surface area contributed by atoms with Gasteiger partial charge in [-0.2, -0.15) is 5.10 Å². The monoisotopic (exact) mass is 271 g/mol. The van der Waals surface area contributed by atoms with Crippen LogP contribution in [0.1, 0.15) is 41.0 Å². The molecule has 0 fully saturated rings. The lowest BCUT2D eigenvalue weighted by molar-refractivity contribution is 0.134. The summed E-state index contributed by atoms with van der Waals surface area (Å²) in [6.45, 7) is 3.56. The zero-order chi connectivity index (χ0) is 14.1. The fraction of sp³-hybridized carbons (Fsp3) is 0.438. The van der Waals surface area contributed by atoms with Crippen molar-refractivity contribution in [2.75, 3.05) is 0 Å². The highest BCUT2D eigenvalue weighted by atomic mass is 16.5. The van der Waals surface area contributed by atoms with Crippen molar-refractivity contribution in [3.05, 3.63) is 52.3 Å². The SMILES string of the molecule is CCc1cc(CC(N)c2ccc3c(c2)COC3)n(C)n1. The number of aromatic nitrogens is 2. The van der Waals surface area contributed by atoms with E-state index in [9.17, 15) is 0 Å². The molecule has 0 saturated heterocycles. The first-order valence-electron chi connectivity index (χ1n) is 7.14. The highest BCUT2D eigenvalue weighted by Crippen LogP contribution is 2.24. The molecule has 1 aliphatic heterocycles. The zero-order valence-electron chi connectivity index (χ0n) is 12.1. The van der Waals surface area contributed by atoms with Crippen LogP contribution in [0.3, 0.4) is 0 Å². The molecule has 4 nitrogen and oxygen atoms in total. The van der Waals surface area contributed by atoms with E-state index in [0.717, 1.165) is 25.1 Å². The van der Waals surface area contributed by atoms with Crippen LogP contribution in [0.5, 0.6) is 0 Å². The third-order valence-corrected chi connectivity index (χ3v) is 3.99. The van der Waals surface area contributed by atoms with Gasteiger partial charge >= 0.3 is 0 Å². The summed E-state index contributed by atoms with van der Waals surface area (Å²) in [6.07, 6.45) is 1.77. The van der Waals surface area contributed by atoms with Crippen molar-refractivity contribution in [1.29, 1.82) is 0 Å². The fourth-order valence-electron chi connectivity index (χ4n) is 2.70. The van der Waals surface area contributed by atoms with Gasteiger partial charge in [0.05, 0.1) is 18.9 Å². The molecule has 3 rings (SSSR count). The molecule has 0 amide bonds. The summed E-state index contributed by atoms with van der Waals surface area (Å²) in [5.74, 6) is 0. The van der Waals surface area contributed by atoms with Crippen LogP contribution in [-0.4, -0.2) is 9.78 Å². The number of rotatable bonds is 4. The van der Waals surface area contributed by atoms with Crippen molar-refractivity contribution in [2.24, 2.45) is 12.8 Å². The van der Waals surface area contributed by atoms with Crippen molar-refractivity contribution in [3.8, 4) is 0 Å². The van der Waals surface area contributed by atoms with Gasteiger partial charge in [0.2, 0.25) is 0 Å². The van der Waals surface area contributed by atoms with Crippen molar-refractivity contribution in [1.82, 2.24) is 9.78 Å². The molecular weight excluding hydrogens is 250 g/mol. The number of hydrogen-bond donors (Lipinski definition) is 1. The van der Waals surface area contributed by atoms with E-state index in [-0.39, 0.29) is 6.04 Å². The number of fused-ring (bicyclic) bond motifs is 1. The van der Waals surface area contributed by atoms with Gasteiger partial charge in [0.25, 0.3) is 0 Å². The minimum atomic E-state index is 0.000932. The average Bonchev–Trinajstić information content (AvgIpc) is 3.04. The molecule has 1 aliphatic rings. The summed E-state index contributed by atoms with van der Waals surface area (Å²) >= 11 is 0. The summed E-state index contributed by atoms with van der Waals surface area (Å²) in [5.41, 5.74) is 12.4. The van der Waals surface area contributed by atoms with Gasteiger partial charge < -0.3 is 10.5 Å². The molecule has 0 spiro atoms. The fourth-order valence-corrected chi connectivity index (χ4v) is 2.70.